The molecule has 0 aliphatic carbocycles. The number of benzene rings is 1. The molecule has 0 saturated carbocycles. The molecule has 11 heteroatoms. The SMILES string of the molecule is COCCCn1c(SCC(N)=O)nnc1-c1ccc(S(=O)(=O)N2CCCCC2)cc1. The second-order valence-corrected chi connectivity index (χ2v) is 9.93. The Morgan fingerprint density at radius 3 is 2.50 bits per heavy atom. The second kappa shape index (κ2) is 10.4. The Labute approximate surface area is 181 Å². The number of ether oxygens (including phenoxy) is 1. The number of primary amides is 1. The standard InChI is InChI=1S/C19H27N5O4S2/c1-28-13-5-12-24-18(21-22-19(24)29-14-17(20)25)15-6-8-16(9-7-15)30(26,27)23-10-3-2-4-11-23/h6-9H,2-5,10-14H2,1H3,(H2,20,25). The van der Waals surface area contributed by atoms with Crippen LogP contribution in [0.15, 0.2) is 34.3 Å². The quantitative estimate of drug-likeness (QED) is 0.430. The van der Waals surface area contributed by atoms with E-state index in [1.165, 1.54) is 11.8 Å². The van der Waals surface area contributed by atoms with Gasteiger partial charge in [-0.1, -0.05) is 18.2 Å². The molecule has 0 atom stereocenters. The van der Waals surface area contributed by atoms with E-state index in [1.54, 1.807) is 35.7 Å². The minimum absolute atomic E-state index is 0.107. The number of amides is 1. The van der Waals surface area contributed by atoms with Crippen LogP contribution in [-0.2, 0) is 26.1 Å². The lowest BCUT2D eigenvalue weighted by Gasteiger charge is -2.25. The fourth-order valence-corrected chi connectivity index (χ4v) is 5.56. The molecule has 2 heterocycles. The molecular formula is C19H27N5O4S2. The zero-order chi connectivity index (χ0) is 21.6. The molecule has 1 aliphatic rings. The van der Waals surface area contributed by atoms with E-state index < -0.39 is 15.9 Å². The zero-order valence-electron chi connectivity index (χ0n) is 17.0. The number of carbonyl (C=O) groups is 1. The van der Waals surface area contributed by atoms with E-state index in [9.17, 15) is 13.2 Å². The van der Waals surface area contributed by atoms with Gasteiger partial charge in [0.2, 0.25) is 15.9 Å². The molecule has 0 spiro atoms. The van der Waals surface area contributed by atoms with Crippen molar-refractivity contribution in [3.8, 4) is 11.4 Å². The topological polar surface area (TPSA) is 120 Å². The van der Waals surface area contributed by atoms with Gasteiger partial charge in [0.15, 0.2) is 11.0 Å². The van der Waals surface area contributed by atoms with Gasteiger partial charge >= 0.3 is 0 Å². The summed E-state index contributed by atoms with van der Waals surface area (Å²) in [6.45, 7) is 2.31. The zero-order valence-corrected chi connectivity index (χ0v) is 18.6. The van der Waals surface area contributed by atoms with Gasteiger partial charge in [-0.2, -0.15) is 4.31 Å². The fraction of sp³-hybridized carbons (Fsp3) is 0.526. The number of piperidine rings is 1. The number of nitrogens with zero attached hydrogens (tertiary/aromatic N) is 4. The number of hydrogen-bond donors (Lipinski definition) is 1. The highest BCUT2D eigenvalue weighted by Crippen LogP contribution is 2.27. The highest BCUT2D eigenvalue weighted by atomic mass is 32.2. The van der Waals surface area contributed by atoms with Gasteiger partial charge in [-0.15, -0.1) is 10.2 Å². The molecule has 1 fully saturated rings. The minimum atomic E-state index is -3.48. The normalized spacial score (nSPS) is 15.4. The van der Waals surface area contributed by atoms with E-state index >= 15 is 0 Å². The van der Waals surface area contributed by atoms with Crippen LogP contribution in [0.4, 0.5) is 0 Å². The summed E-state index contributed by atoms with van der Waals surface area (Å²) in [6, 6.07) is 6.72. The second-order valence-electron chi connectivity index (χ2n) is 7.05. The van der Waals surface area contributed by atoms with Gasteiger partial charge in [0.05, 0.1) is 10.6 Å². The molecule has 0 unspecified atom stereocenters. The smallest absolute Gasteiger partial charge is 0.243 e. The first kappa shape index (κ1) is 22.7. The van der Waals surface area contributed by atoms with Crippen molar-refractivity contribution in [3.63, 3.8) is 0 Å². The third-order valence-corrected chi connectivity index (χ3v) is 7.76. The van der Waals surface area contributed by atoms with E-state index in [0.717, 1.165) is 31.2 Å². The predicted octanol–water partition coefficient (Wildman–Crippen LogP) is 1.73. The van der Waals surface area contributed by atoms with Crippen LogP contribution in [-0.4, -0.2) is 66.0 Å². The van der Waals surface area contributed by atoms with Crippen LogP contribution in [0, 0.1) is 0 Å². The molecule has 1 aromatic carbocycles. The summed E-state index contributed by atoms with van der Waals surface area (Å²) in [4.78, 5) is 11.4. The number of hydrogen-bond acceptors (Lipinski definition) is 7. The van der Waals surface area contributed by atoms with Gasteiger partial charge in [-0.3, -0.25) is 4.79 Å². The first-order valence-electron chi connectivity index (χ1n) is 9.87. The molecule has 30 heavy (non-hydrogen) atoms. The first-order chi connectivity index (χ1) is 14.4. The molecule has 1 aliphatic heterocycles. The van der Waals surface area contributed by atoms with E-state index in [-0.39, 0.29) is 10.6 Å². The van der Waals surface area contributed by atoms with Crippen LogP contribution in [0.5, 0.6) is 0 Å². The predicted molar refractivity (Wildman–Crippen MR) is 114 cm³/mol. The summed E-state index contributed by atoms with van der Waals surface area (Å²) in [5, 5.41) is 9.04. The van der Waals surface area contributed by atoms with Crippen LogP contribution in [0.3, 0.4) is 0 Å². The summed E-state index contributed by atoms with van der Waals surface area (Å²) >= 11 is 1.23. The summed E-state index contributed by atoms with van der Waals surface area (Å²) in [5.74, 6) is 0.287. The summed E-state index contributed by atoms with van der Waals surface area (Å²) in [6.07, 6.45) is 3.61. The largest absolute Gasteiger partial charge is 0.385 e. The Morgan fingerprint density at radius 2 is 1.87 bits per heavy atom. The van der Waals surface area contributed by atoms with Crippen molar-refractivity contribution in [3.05, 3.63) is 24.3 Å². The number of nitrogens with two attached hydrogens (primary N) is 1. The van der Waals surface area contributed by atoms with Gasteiger partial charge in [0.1, 0.15) is 0 Å². The van der Waals surface area contributed by atoms with Crippen molar-refractivity contribution in [2.45, 2.75) is 42.3 Å². The maximum atomic E-state index is 12.9. The maximum absolute atomic E-state index is 12.9. The molecule has 164 valence electrons. The Balaban J connectivity index is 1.84. The van der Waals surface area contributed by atoms with Gasteiger partial charge in [-0.05, 0) is 43.5 Å². The Bertz CT molecular complexity index is 954. The molecule has 2 aromatic rings. The van der Waals surface area contributed by atoms with Crippen molar-refractivity contribution >= 4 is 27.7 Å². The van der Waals surface area contributed by atoms with Crippen molar-refractivity contribution in [2.24, 2.45) is 5.73 Å². The lowest BCUT2D eigenvalue weighted by Crippen LogP contribution is -2.35. The third-order valence-electron chi connectivity index (χ3n) is 4.86. The summed E-state index contributed by atoms with van der Waals surface area (Å²) in [7, 11) is -1.85. The maximum Gasteiger partial charge on any atom is 0.243 e. The van der Waals surface area contributed by atoms with Crippen molar-refractivity contribution in [2.75, 3.05) is 32.6 Å². The molecule has 1 amide bonds. The molecule has 1 saturated heterocycles. The van der Waals surface area contributed by atoms with Gasteiger partial charge in [0, 0.05) is 38.9 Å². The molecule has 2 N–H and O–H groups in total. The molecule has 3 rings (SSSR count). The first-order valence-corrected chi connectivity index (χ1v) is 12.3. The van der Waals surface area contributed by atoms with E-state index in [0.29, 0.717) is 37.2 Å². The third kappa shape index (κ3) is 5.39. The number of aromatic nitrogens is 3. The highest BCUT2D eigenvalue weighted by molar-refractivity contribution is 7.99. The van der Waals surface area contributed by atoms with Crippen LogP contribution in [0.1, 0.15) is 25.7 Å². The lowest BCUT2D eigenvalue weighted by molar-refractivity contribution is -0.115. The van der Waals surface area contributed by atoms with Gasteiger partial charge < -0.3 is 15.0 Å². The number of thioether (sulfide) groups is 1. The Kier molecular flexibility index (Phi) is 7.87. The number of rotatable bonds is 10. The van der Waals surface area contributed by atoms with E-state index in [2.05, 4.69) is 10.2 Å². The van der Waals surface area contributed by atoms with Crippen LogP contribution in [0.25, 0.3) is 11.4 Å². The Hall–Kier alpha value is -1.95. The van der Waals surface area contributed by atoms with Crippen LogP contribution < -0.4 is 5.73 Å². The molecule has 0 radical (unpaired) electrons. The molecule has 1 aromatic heterocycles. The molecular weight excluding hydrogens is 426 g/mol. The molecule has 9 nitrogen and oxygen atoms in total. The number of methoxy groups -OCH3 is 1. The van der Waals surface area contributed by atoms with Crippen LogP contribution >= 0.6 is 11.8 Å². The van der Waals surface area contributed by atoms with Crippen molar-refractivity contribution in [1.82, 2.24) is 19.1 Å². The monoisotopic (exact) mass is 453 g/mol. The Morgan fingerprint density at radius 1 is 1.17 bits per heavy atom. The summed E-state index contributed by atoms with van der Waals surface area (Å²) < 4.78 is 34.3. The van der Waals surface area contributed by atoms with Crippen molar-refractivity contribution in [1.29, 1.82) is 0 Å². The molecule has 0 bridgehead atoms. The van der Waals surface area contributed by atoms with Crippen LogP contribution in [0.2, 0.25) is 0 Å². The average molecular weight is 454 g/mol. The average Bonchev–Trinajstić information content (AvgIpc) is 3.16. The van der Waals surface area contributed by atoms with E-state index in [1.807, 2.05) is 4.57 Å². The lowest BCUT2D eigenvalue weighted by atomic mass is 10.2. The van der Waals surface area contributed by atoms with Gasteiger partial charge in [-0.25, -0.2) is 8.42 Å². The fourth-order valence-electron chi connectivity index (χ4n) is 3.34. The highest BCUT2D eigenvalue weighted by Gasteiger charge is 2.26. The van der Waals surface area contributed by atoms with Crippen molar-refractivity contribution < 1.29 is 17.9 Å². The summed E-state index contributed by atoms with van der Waals surface area (Å²) in [5.41, 5.74) is 6.00. The number of sulfonamides is 1. The number of carbonyl (C=O) groups excluding carboxylic acids is 1. The van der Waals surface area contributed by atoms with Gasteiger partial charge in [0.25, 0.3) is 0 Å². The van der Waals surface area contributed by atoms with E-state index in [4.69, 9.17) is 10.5 Å². The minimum Gasteiger partial charge on any atom is -0.385 e.